The first kappa shape index (κ1) is 36.5. The number of carbonyl (C=O) groups is 2. The van der Waals surface area contributed by atoms with Crippen LogP contribution in [0.3, 0.4) is 0 Å². The Morgan fingerprint density at radius 3 is 2.40 bits per heavy atom. The first-order valence-electron chi connectivity index (χ1n) is 17.5. The number of hydrogen-bond acceptors (Lipinski definition) is 5. The second-order valence-electron chi connectivity index (χ2n) is 13.8. The van der Waals surface area contributed by atoms with Crippen LogP contribution in [0, 0.1) is 5.92 Å². The second kappa shape index (κ2) is 16.2. The summed E-state index contributed by atoms with van der Waals surface area (Å²) in [6.07, 6.45) is 13.2. The van der Waals surface area contributed by atoms with Crippen LogP contribution in [0.4, 0.5) is 11.4 Å². The van der Waals surface area contributed by atoms with Crippen LogP contribution in [-0.4, -0.2) is 47.5 Å². The number of allylic oxidation sites excluding steroid dienone is 4. The second-order valence-corrected chi connectivity index (χ2v) is 13.8. The lowest BCUT2D eigenvalue weighted by atomic mass is 9.80. The molecule has 0 saturated heterocycles. The summed E-state index contributed by atoms with van der Waals surface area (Å²) in [7, 11) is 0. The van der Waals surface area contributed by atoms with Gasteiger partial charge in [0.1, 0.15) is 6.54 Å². The number of hydrogen-bond donors (Lipinski definition) is 2. The molecule has 2 aliphatic heterocycles. The van der Waals surface area contributed by atoms with Crippen molar-refractivity contribution in [3.05, 3.63) is 101 Å². The minimum atomic E-state index is -0.711. The highest BCUT2D eigenvalue weighted by Crippen LogP contribution is 2.47. The van der Waals surface area contributed by atoms with Gasteiger partial charge in [0.05, 0.1) is 11.1 Å². The van der Waals surface area contributed by atoms with Crippen LogP contribution in [0.15, 0.2) is 89.5 Å². The zero-order valence-electron chi connectivity index (χ0n) is 29.6. The summed E-state index contributed by atoms with van der Waals surface area (Å²) < 4.78 is 2.46. The number of aliphatic carboxylic acids is 1. The van der Waals surface area contributed by atoms with Crippen molar-refractivity contribution in [2.75, 3.05) is 24.5 Å². The number of fused-ring (bicyclic) bond motifs is 2. The van der Waals surface area contributed by atoms with Crippen molar-refractivity contribution in [3.8, 4) is 0 Å². The Bertz CT molecular complexity index is 1640. The highest BCUT2D eigenvalue weighted by Gasteiger charge is 2.43. The molecule has 0 fully saturated rings. The molecule has 1 atom stereocenters. The summed E-state index contributed by atoms with van der Waals surface area (Å²) >= 11 is 0. The van der Waals surface area contributed by atoms with E-state index in [9.17, 15) is 4.79 Å². The molecular formula is C41H53N3O4. The number of rotatable bonds is 12. The Kier molecular flexibility index (Phi) is 12.3. The van der Waals surface area contributed by atoms with E-state index in [-0.39, 0.29) is 23.2 Å². The van der Waals surface area contributed by atoms with Crippen molar-refractivity contribution in [1.82, 2.24) is 5.32 Å². The highest BCUT2D eigenvalue weighted by molar-refractivity contribution is 6.03. The minimum absolute atomic E-state index is 0.0630. The summed E-state index contributed by atoms with van der Waals surface area (Å²) in [4.78, 5) is 21.7. The number of unbranched alkanes of at least 4 members (excludes halogenated alkanes) is 2. The standard InChI is InChI=1S/C40H51N3O2.CH2O2/c1-7-42-33-21-13-11-19-31(33)39(3,4)35(42)26-24-29-17-16-18-30(38(29)41-28-15-9-10-23-37(44)45)25-27-36-40(5,6)32-20-12-14-22-34(32)43(36)8-2;2-1-3/h11-14,19-22,24-26,30H,7-10,15-18,23,28H2,1-6H3,(H,44,45);1H,(H,2,3). The van der Waals surface area contributed by atoms with E-state index >= 15 is 0 Å². The maximum Gasteiger partial charge on any atom is 0.303 e. The third kappa shape index (κ3) is 7.68. The van der Waals surface area contributed by atoms with Crippen LogP contribution in [0.5, 0.6) is 0 Å². The molecule has 1 aliphatic carbocycles. The molecule has 0 spiro atoms. The van der Waals surface area contributed by atoms with Gasteiger partial charge >= 0.3 is 5.97 Å². The smallest absolute Gasteiger partial charge is 0.303 e. The molecule has 0 saturated carbocycles. The van der Waals surface area contributed by atoms with E-state index in [2.05, 4.69) is 129 Å². The van der Waals surface area contributed by atoms with Crippen LogP contribution in [0.1, 0.15) is 97.6 Å². The van der Waals surface area contributed by atoms with Crippen molar-refractivity contribution in [2.45, 2.75) is 97.3 Å². The molecule has 0 radical (unpaired) electrons. The molecule has 48 heavy (non-hydrogen) atoms. The molecule has 1 unspecified atom stereocenters. The van der Waals surface area contributed by atoms with Gasteiger partial charge < -0.3 is 25.2 Å². The Balaban J connectivity index is 0.00000167. The Labute approximate surface area is 287 Å². The fourth-order valence-corrected chi connectivity index (χ4v) is 7.67. The van der Waals surface area contributed by atoms with Gasteiger partial charge in [-0.1, -0.05) is 48.9 Å². The lowest BCUT2D eigenvalue weighted by Crippen LogP contribution is -2.28. The molecule has 2 aromatic carbocycles. The monoisotopic (exact) mass is 651 g/mol. The molecule has 5 rings (SSSR count). The van der Waals surface area contributed by atoms with Crippen LogP contribution in [0.2, 0.25) is 0 Å². The molecule has 256 valence electrons. The number of carboxylic acid groups (broad SMARTS) is 2. The van der Waals surface area contributed by atoms with Crippen LogP contribution in [0.25, 0.3) is 0 Å². The molecule has 2 heterocycles. The molecule has 7 heteroatoms. The molecule has 7 nitrogen and oxygen atoms in total. The fourth-order valence-electron chi connectivity index (χ4n) is 7.67. The molecule has 0 bridgehead atoms. The van der Waals surface area contributed by atoms with Gasteiger partial charge in [0.25, 0.3) is 0 Å². The van der Waals surface area contributed by atoms with Gasteiger partial charge in [-0.05, 0) is 96.9 Å². The quantitative estimate of drug-likeness (QED) is 0.110. The maximum absolute atomic E-state index is 11.0. The van der Waals surface area contributed by atoms with Gasteiger partial charge in [-0.15, -0.1) is 5.73 Å². The van der Waals surface area contributed by atoms with Crippen molar-refractivity contribution in [1.29, 1.82) is 0 Å². The predicted molar refractivity (Wildman–Crippen MR) is 193 cm³/mol. The first-order valence-corrected chi connectivity index (χ1v) is 17.5. The fraction of sp³-hybridized carbons (Fsp3) is 0.463. The van der Waals surface area contributed by atoms with Crippen molar-refractivity contribution in [3.63, 3.8) is 0 Å². The summed E-state index contributed by atoms with van der Waals surface area (Å²) in [6, 6.07) is 17.6. The highest BCUT2D eigenvalue weighted by atomic mass is 16.4. The minimum Gasteiger partial charge on any atom is -0.554 e. The van der Waals surface area contributed by atoms with Crippen molar-refractivity contribution < 1.29 is 24.4 Å². The van der Waals surface area contributed by atoms with E-state index in [1.165, 1.54) is 45.2 Å². The lowest BCUT2D eigenvalue weighted by Gasteiger charge is -2.27. The van der Waals surface area contributed by atoms with E-state index < -0.39 is 12.4 Å². The number of carboxylic acids is 1. The van der Waals surface area contributed by atoms with E-state index in [4.69, 9.17) is 15.0 Å². The van der Waals surface area contributed by atoms with Gasteiger partial charge in [-0.2, -0.15) is 4.58 Å². The van der Waals surface area contributed by atoms with E-state index in [0.29, 0.717) is 0 Å². The van der Waals surface area contributed by atoms with E-state index in [0.717, 1.165) is 58.2 Å². The third-order valence-corrected chi connectivity index (χ3v) is 10.1. The SMILES string of the molecule is CCN1C(=C=CC2CCCC(/C=C/C3=[N+](CC)c4ccccc4C3(C)C)=C2NCCCCCC(=O)O)C(C)(C)c2ccccc21.O=C[O-]. The number of anilines is 1. The zero-order valence-corrected chi connectivity index (χ0v) is 29.6. The topological polar surface area (TPSA) is 95.7 Å². The number of nitrogens with one attached hydrogen (secondary N) is 1. The van der Waals surface area contributed by atoms with Crippen molar-refractivity contribution >= 4 is 29.5 Å². The van der Waals surface area contributed by atoms with Gasteiger partial charge in [0, 0.05) is 66.4 Å². The number of likely N-dealkylation sites (N-methyl/N-ethyl adjacent to an activating group) is 1. The molecule has 2 N–H and O–H groups in total. The Morgan fingerprint density at radius 2 is 1.71 bits per heavy atom. The molecule has 0 amide bonds. The van der Waals surface area contributed by atoms with Gasteiger partial charge in [-0.25, -0.2) is 0 Å². The maximum atomic E-state index is 11.0. The largest absolute Gasteiger partial charge is 0.554 e. The lowest BCUT2D eigenvalue weighted by molar-refractivity contribution is -0.433. The summed E-state index contributed by atoms with van der Waals surface area (Å²) in [5, 5.41) is 21.2. The van der Waals surface area contributed by atoms with E-state index in [1.807, 2.05) is 0 Å². The summed E-state index contributed by atoms with van der Waals surface area (Å²) in [6.45, 7) is 16.0. The van der Waals surface area contributed by atoms with Crippen LogP contribution >= 0.6 is 0 Å². The Hall–Kier alpha value is -4.35. The normalized spacial score (nSPS) is 19.0. The van der Waals surface area contributed by atoms with Gasteiger partial charge in [0.15, 0.2) is 5.71 Å². The van der Waals surface area contributed by atoms with Gasteiger partial charge in [-0.3, -0.25) is 4.79 Å². The number of para-hydroxylation sites is 2. The number of benzene rings is 2. The summed E-state index contributed by atoms with van der Waals surface area (Å²) in [5.41, 5.74) is 14.3. The molecule has 2 aromatic rings. The third-order valence-electron chi connectivity index (χ3n) is 10.1. The zero-order chi connectivity index (χ0) is 34.9. The van der Waals surface area contributed by atoms with Crippen LogP contribution < -0.4 is 15.3 Å². The van der Waals surface area contributed by atoms with Crippen LogP contribution in [-0.2, 0) is 20.4 Å². The van der Waals surface area contributed by atoms with Gasteiger partial charge in [0.2, 0.25) is 5.69 Å². The number of carbonyl (C=O) groups excluding carboxylic acids is 1. The Morgan fingerprint density at radius 1 is 1.02 bits per heavy atom. The van der Waals surface area contributed by atoms with E-state index in [1.54, 1.807) is 0 Å². The molecular weight excluding hydrogens is 598 g/mol. The average Bonchev–Trinajstić information content (AvgIpc) is 3.43. The predicted octanol–water partition coefficient (Wildman–Crippen LogP) is 7.15. The first-order chi connectivity index (χ1) is 23.0. The molecule has 3 aliphatic rings. The number of nitrogens with zero attached hydrogens (tertiary/aromatic N) is 2. The average molecular weight is 652 g/mol. The van der Waals surface area contributed by atoms with Crippen molar-refractivity contribution in [2.24, 2.45) is 5.92 Å². The summed E-state index contributed by atoms with van der Waals surface area (Å²) in [5.74, 6) is -0.457. The molecule has 0 aromatic heterocycles.